The predicted octanol–water partition coefficient (Wildman–Crippen LogP) is 4.42. The number of fused-ring (bicyclic) bond motifs is 1. The van der Waals surface area contributed by atoms with Crippen molar-refractivity contribution in [1.29, 1.82) is 5.26 Å². The van der Waals surface area contributed by atoms with Crippen LogP contribution >= 0.6 is 11.3 Å². The van der Waals surface area contributed by atoms with E-state index in [1.807, 2.05) is 24.3 Å². The number of benzene rings is 3. The minimum Gasteiger partial charge on any atom is -0.423 e. The summed E-state index contributed by atoms with van der Waals surface area (Å²) >= 11 is 1.42. The zero-order valence-corrected chi connectivity index (χ0v) is 21.2. The molecule has 5 rings (SSSR count). The number of imide groups is 1. The summed E-state index contributed by atoms with van der Waals surface area (Å²) in [6.45, 7) is 0. The molecule has 2 amide bonds. The van der Waals surface area contributed by atoms with Crippen LogP contribution in [-0.4, -0.2) is 35.5 Å². The fourth-order valence-electron chi connectivity index (χ4n) is 3.79. The van der Waals surface area contributed by atoms with E-state index in [2.05, 4.69) is 11.1 Å². The number of nitriles is 1. The van der Waals surface area contributed by atoms with Crippen molar-refractivity contribution in [2.75, 3.05) is 0 Å². The van der Waals surface area contributed by atoms with Crippen LogP contribution in [0.4, 0.5) is 0 Å². The quantitative estimate of drug-likeness (QED) is 0.151. The molecule has 0 spiro atoms. The van der Waals surface area contributed by atoms with Crippen molar-refractivity contribution < 1.29 is 27.5 Å². The molecule has 2 heterocycles. The van der Waals surface area contributed by atoms with Gasteiger partial charge in [0.15, 0.2) is 0 Å². The number of nitrogens with zero attached hydrogens (tertiary/aromatic N) is 3. The number of carbonyl (C=O) groups excluding carboxylic acids is 3. The Kier molecular flexibility index (Phi) is 6.59. The van der Waals surface area contributed by atoms with Gasteiger partial charge in [-0.15, -0.1) is 11.3 Å². The molecule has 0 atom stereocenters. The van der Waals surface area contributed by atoms with E-state index >= 15 is 0 Å². The third-order valence-electron chi connectivity index (χ3n) is 5.68. The molecule has 38 heavy (non-hydrogen) atoms. The first-order valence-corrected chi connectivity index (χ1v) is 13.5. The van der Waals surface area contributed by atoms with E-state index in [0.717, 1.165) is 22.3 Å². The molecule has 1 fully saturated rings. The van der Waals surface area contributed by atoms with Crippen LogP contribution in [0, 0.1) is 11.3 Å². The molecule has 3 aromatic carbocycles. The minimum atomic E-state index is -4.33. The van der Waals surface area contributed by atoms with Crippen LogP contribution in [-0.2, 0) is 19.6 Å². The number of esters is 1. The lowest BCUT2D eigenvalue weighted by molar-refractivity contribution is -0.132. The molecule has 4 aromatic rings. The standard InChI is InChI=1S/C27H17N3O6S2/c28-16-19(26-29-22-3-1-2-4-23(22)37-26)15-17-5-9-20(10-6-17)36-27(33)18-7-11-21(12-8-18)38(34,35)30-24(31)13-14-25(30)32/h1-12,15H,13-14H2/b19-15+. The summed E-state index contributed by atoms with van der Waals surface area (Å²) in [4.78, 5) is 40.4. The summed E-state index contributed by atoms with van der Waals surface area (Å²) in [6.07, 6.45) is 1.38. The third-order valence-corrected chi connectivity index (χ3v) is 8.51. The van der Waals surface area contributed by atoms with Gasteiger partial charge in [0.05, 0.1) is 26.2 Å². The van der Waals surface area contributed by atoms with Gasteiger partial charge in [-0.1, -0.05) is 24.3 Å². The Morgan fingerprint density at radius 3 is 2.26 bits per heavy atom. The fourth-order valence-corrected chi connectivity index (χ4v) is 6.13. The molecule has 0 N–H and O–H groups in total. The van der Waals surface area contributed by atoms with Crippen LogP contribution in [0.3, 0.4) is 0 Å². The van der Waals surface area contributed by atoms with Gasteiger partial charge in [0.1, 0.15) is 16.8 Å². The van der Waals surface area contributed by atoms with Gasteiger partial charge >= 0.3 is 5.97 Å². The number of hydrogen-bond donors (Lipinski definition) is 0. The number of amides is 2. The van der Waals surface area contributed by atoms with E-state index in [0.29, 0.717) is 16.1 Å². The first-order valence-electron chi connectivity index (χ1n) is 11.3. The van der Waals surface area contributed by atoms with Crippen LogP contribution in [0.25, 0.3) is 21.9 Å². The van der Waals surface area contributed by atoms with E-state index in [-0.39, 0.29) is 33.4 Å². The van der Waals surface area contributed by atoms with Gasteiger partial charge in [0.2, 0.25) is 11.8 Å². The van der Waals surface area contributed by atoms with Crippen LogP contribution in [0.2, 0.25) is 0 Å². The zero-order valence-electron chi connectivity index (χ0n) is 19.5. The summed E-state index contributed by atoms with van der Waals surface area (Å²) in [6, 6.07) is 21.1. The van der Waals surface area contributed by atoms with Crippen molar-refractivity contribution >= 4 is 61.0 Å². The molecule has 0 unspecified atom stereocenters. The summed E-state index contributed by atoms with van der Waals surface area (Å²) in [5.41, 5.74) is 2.01. The number of aromatic nitrogens is 1. The molecule has 0 aliphatic carbocycles. The molecule has 188 valence electrons. The van der Waals surface area contributed by atoms with Crippen molar-refractivity contribution in [3.05, 3.63) is 88.9 Å². The van der Waals surface area contributed by atoms with Crippen molar-refractivity contribution in [1.82, 2.24) is 9.29 Å². The molecule has 0 radical (unpaired) electrons. The van der Waals surface area contributed by atoms with Crippen LogP contribution in [0.1, 0.15) is 33.8 Å². The van der Waals surface area contributed by atoms with Gasteiger partial charge in [-0.2, -0.15) is 9.57 Å². The van der Waals surface area contributed by atoms with E-state index in [4.69, 9.17) is 4.74 Å². The molecule has 1 aromatic heterocycles. The van der Waals surface area contributed by atoms with Gasteiger partial charge in [0, 0.05) is 12.8 Å². The highest BCUT2D eigenvalue weighted by molar-refractivity contribution is 7.90. The number of ether oxygens (including phenoxy) is 1. The molecule has 1 saturated heterocycles. The highest BCUT2D eigenvalue weighted by Crippen LogP contribution is 2.28. The summed E-state index contributed by atoms with van der Waals surface area (Å²) < 4.78 is 31.9. The van der Waals surface area contributed by atoms with Gasteiger partial charge in [-0.3, -0.25) is 9.59 Å². The lowest BCUT2D eigenvalue weighted by Crippen LogP contribution is -2.35. The van der Waals surface area contributed by atoms with Gasteiger partial charge < -0.3 is 4.74 Å². The maximum Gasteiger partial charge on any atom is 0.343 e. The van der Waals surface area contributed by atoms with Crippen molar-refractivity contribution in [2.45, 2.75) is 17.7 Å². The van der Waals surface area contributed by atoms with Gasteiger partial charge in [-0.05, 0) is 60.2 Å². The lowest BCUT2D eigenvalue weighted by atomic mass is 10.1. The van der Waals surface area contributed by atoms with E-state index in [1.54, 1.807) is 30.3 Å². The Balaban J connectivity index is 1.28. The van der Waals surface area contributed by atoms with E-state index in [9.17, 15) is 28.1 Å². The minimum absolute atomic E-state index is 0.0783. The van der Waals surface area contributed by atoms with Gasteiger partial charge in [0.25, 0.3) is 10.0 Å². The smallest absolute Gasteiger partial charge is 0.343 e. The summed E-state index contributed by atoms with van der Waals surface area (Å²) in [5, 5.41) is 10.2. The third kappa shape index (κ3) is 4.82. The average Bonchev–Trinajstić information content (AvgIpc) is 3.51. The number of rotatable bonds is 6. The second kappa shape index (κ2) is 10.0. The van der Waals surface area contributed by atoms with Crippen LogP contribution < -0.4 is 4.74 Å². The molecule has 11 heteroatoms. The van der Waals surface area contributed by atoms with Crippen LogP contribution in [0.15, 0.2) is 77.7 Å². The predicted molar refractivity (Wildman–Crippen MR) is 139 cm³/mol. The molecular formula is C27H17N3O6S2. The number of allylic oxidation sites excluding steroid dienone is 1. The summed E-state index contributed by atoms with van der Waals surface area (Å²) in [7, 11) is -4.33. The maximum absolute atomic E-state index is 12.6. The Hall–Kier alpha value is -4.66. The highest BCUT2D eigenvalue weighted by Gasteiger charge is 2.39. The maximum atomic E-state index is 12.6. The monoisotopic (exact) mass is 543 g/mol. The number of para-hydroxylation sites is 1. The molecule has 0 saturated carbocycles. The first kappa shape index (κ1) is 25.0. The first-order chi connectivity index (χ1) is 18.3. The lowest BCUT2D eigenvalue weighted by Gasteiger charge is -2.14. The SMILES string of the molecule is N#C/C(=C\c1ccc(OC(=O)c2ccc(S(=O)(=O)N3C(=O)CCC3=O)cc2)cc1)c1nc2ccccc2s1. The number of carbonyl (C=O) groups is 3. The molecule has 1 aliphatic rings. The number of sulfonamides is 1. The zero-order chi connectivity index (χ0) is 26.9. The second-order valence-corrected chi connectivity index (χ2v) is 11.0. The van der Waals surface area contributed by atoms with Crippen molar-refractivity contribution in [3.8, 4) is 11.8 Å². The summed E-state index contributed by atoms with van der Waals surface area (Å²) in [5.74, 6) is -2.04. The topological polar surface area (TPSA) is 134 Å². The molecule has 1 aliphatic heterocycles. The Morgan fingerprint density at radius 1 is 0.974 bits per heavy atom. The fraction of sp³-hybridized carbons (Fsp3) is 0.0741. The van der Waals surface area contributed by atoms with E-state index in [1.165, 1.54) is 23.5 Å². The average molecular weight is 544 g/mol. The van der Waals surface area contributed by atoms with Gasteiger partial charge in [-0.25, -0.2) is 18.2 Å². The highest BCUT2D eigenvalue weighted by atomic mass is 32.2. The Labute approximate surface area is 221 Å². The molecular weight excluding hydrogens is 526 g/mol. The van der Waals surface area contributed by atoms with Crippen LogP contribution in [0.5, 0.6) is 5.75 Å². The van der Waals surface area contributed by atoms with Crippen molar-refractivity contribution in [3.63, 3.8) is 0 Å². The van der Waals surface area contributed by atoms with E-state index < -0.39 is 27.8 Å². The molecule has 9 nitrogen and oxygen atoms in total. The normalized spacial score (nSPS) is 14.1. The number of hydrogen-bond acceptors (Lipinski definition) is 9. The largest absolute Gasteiger partial charge is 0.423 e. The second-order valence-electron chi connectivity index (χ2n) is 8.20. The Morgan fingerprint density at radius 2 is 1.63 bits per heavy atom. The molecule has 0 bridgehead atoms. The number of thiazole rings is 1. The Bertz CT molecular complexity index is 1720. The van der Waals surface area contributed by atoms with Crippen molar-refractivity contribution in [2.24, 2.45) is 0 Å².